The molecule has 1 saturated heterocycles. The minimum atomic E-state index is -0.276. The first kappa shape index (κ1) is 12.5. The van der Waals surface area contributed by atoms with Crippen LogP contribution >= 0.6 is 0 Å². The van der Waals surface area contributed by atoms with Crippen LogP contribution in [0.15, 0.2) is 0 Å². The zero-order valence-electron chi connectivity index (χ0n) is 9.74. The van der Waals surface area contributed by atoms with Gasteiger partial charge in [0.2, 0.25) is 0 Å². The van der Waals surface area contributed by atoms with Crippen LogP contribution in [0.25, 0.3) is 0 Å². The van der Waals surface area contributed by atoms with Crippen LogP contribution in [0.5, 0.6) is 0 Å². The SMILES string of the molecule is CCCCCCC1C(C)OC(=O)C1CO. The number of rotatable bonds is 6. The van der Waals surface area contributed by atoms with Crippen LogP contribution in [0.2, 0.25) is 0 Å². The fourth-order valence-corrected chi connectivity index (χ4v) is 2.31. The number of ether oxygens (including phenoxy) is 1. The number of cyclic esters (lactones) is 1. The van der Waals surface area contributed by atoms with Crippen molar-refractivity contribution >= 4 is 5.97 Å². The molecule has 0 aromatic rings. The van der Waals surface area contributed by atoms with Crippen molar-refractivity contribution in [3.8, 4) is 0 Å². The van der Waals surface area contributed by atoms with Crippen molar-refractivity contribution in [1.29, 1.82) is 0 Å². The number of carbonyl (C=O) groups is 1. The smallest absolute Gasteiger partial charge is 0.311 e. The third kappa shape index (κ3) is 3.20. The molecule has 3 heteroatoms. The summed E-state index contributed by atoms with van der Waals surface area (Å²) in [4.78, 5) is 11.3. The third-order valence-electron chi connectivity index (χ3n) is 3.31. The van der Waals surface area contributed by atoms with Crippen molar-refractivity contribution in [3.63, 3.8) is 0 Å². The molecule has 0 radical (unpaired) electrons. The second-order valence-electron chi connectivity index (χ2n) is 4.44. The molecule has 88 valence electrons. The van der Waals surface area contributed by atoms with Gasteiger partial charge in [-0.3, -0.25) is 4.79 Å². The van der Waals surface area contributed by atoms with Crippen LogP contribution in [0.1, 0.15) is 46.0 Å². The molecule has 0 aromatic heterocycles. The minimum absolute atomic E-state index is 0.0173. The summed E-state index contributed by atoms with van der Waals surface area (Å²) in [6, 6.07) is 0. The average molecular weight is 214 g/mol. The molecule has 1 heterocycles. The summed E-state index contributed by atoms with van der Waals surface area (Å²) in [5.74, 6) is -0.272. The van der Waals surface area contributed by atoms with Crippen molar-refractivity contribution in [1.82, 2.24) is 0 Å². The van der Waals surface area contributed by atoms with Crippen molar-refractivity contribution in [2.24, 2.45) is 11.8 Å². The standard InChI is InChI=1S/C12H22O3/c1-3-4-5-6-7-10-9(2)15-12(14)11(10)8-13/h9-11,13H,3-8H2,1-2H3. The Hall–Kier alpha value is -0.570. The Morgan fingerprint density at radius 2 is 2.07 bits per heavy atom. The molecule has 3 unspecified atom stereocenters. The topological polar surface area (TPSA) is 46.5 Å². The van der Waals surface area contributed by atoms with Crippen LogP contribution in [-0.2, 0) is 9.53 Å². The van der Waals surface area contributed by atoms with Crippen LogP contribution in [0, 0.1) is 11.8 Å². The maximum atomic E-state index is 11.3. The van der Waals surface area contributed by atoms with E-state index in [2.05, 4.69) is 6.92 Å². The molecule has 0 spiro atoms. The normalized spacial score (nSPS) is 30.6. The number of carbonyl (C=O) groups excluding carboxylic acids is 1. The van der Waals surface area contributed by atoms with E-state index in [0.717, 1.165) is 12.8 Å². The van der Waals surface area contributed by atoms with E-state index in [1.807, 2.05) is 6.92 Å². The highest BCUT2D eigenvalue weighted by Crippen LogP contribution is 2.32. The number of hydrogen-bond acceptors (Lipinski definition) is 3. The van der Waals surface area contributed by atoms with E-state index < -0.39 is 0 Å². The van der Waals surface area contributed by atoms with Gasteiger partial charge in [-0.05, 0) is 13.3 Å². The van der Waals surface area contributed by atoms with Crippen molar-refractivity contribution in [2.75, 3.05) is 6.61 Å². The summed E-state index contributed by atoms with van der Waals surface area (Å²) in [6.45, 7) is 4.04. The highest BCUT2D eigenvalue weighted by Gasteiger charge is 2.41. The van der Waals surface area contributed by atoms with E-state index in [9.17, 15) is 4.79 Å². The van der Waals surface area contributed by atoms with Crippen LogP contribution in [0.4, 0.5) is 0 Å². The second-order valence-corrected chi connectivity index (χ2v) is 4.44. The predicted octanol–water partition coefficient (Wildman–Crippen LogP) is 2.13. The molecule has 15 heavy (non-hydrogen) atoms. The number of aliphatic hydroxyl groups is 1. The van der Waals surface area contributed by atoms with Gasteiger partial charge in [0.05, 0.1) is 12.5 Å². The average Bonchev–Trinajstić information content (AvgIpc) is 2.48. The lowest BCUT2D eigenvalue weighted by atomic mass is 9.87. The van der Waals surface area contributed by atoms with Crippen LogP contribution < -0.4 is 0 Å². The number of hydrogen-bond donors (Lipinski definition) is 1. The Morgan fingerprint density at radius 1 is 1.33 bits per heavy atom. The van der Waals surface area contributed by atoms with Crippen molar-refractivity contribution in [3.05, 3.63) is 0 Å². The fraction of sp³-hybridized carbons (Fsp3) is 0.917. The molecule has 3 atom stereocenters. The summed E-state index contributed by atoms with van der Waals surface area (Å²) in [5.41, 5.74) is 0. The van der Waals surface area contributed by atoms with Gasteiger partial charge < -0.3 is 9.84 Å². The van der Waals surface area contributed by atoms with Crippen molar-refractivity contribution in [2.45, 2.75) is 52.1 Å². The predicted molar refractivity (Wildman–Crippen MR) is 58.4 cm³/mol. The first-order valence-corrected chi connectivity index (χ1v) is 6.02. The van der Waals surface area contributed by atoms with Gasteiger partial charge in [-0.2, -0.15) is 0 Å². The molecular weight excluding hydrogens is 192 g/mol. The molecule has 3 nitrogen and oxygen atoms in total. The van der Waals surface area contributed by atoms with Crippen molar-refractivity contribution < 1.29 is 14.6 Å². The molecular formula is C12H22O3. The zero-order chi connectivity index (χ0) is 11.3. The molecule has 0 saturated carbocycles. The first-order chi connectivity index (χ1) is 7.20. The molecule has 0 bridgehead atoms. The van der Waals surface area contributed by atoms with E-state index >= 15 is 0 Å². The van der Waals surface area contributed by atoms with Gasteiger partial charge in [-0.15, -0.1) is 0 Å². The van der Waals surface area contributed by atoms with Gasteiger partial charge in [0, 0.05) is 5.92 Å². The maximum absolute atomic E-state index is 11.3. The number of esters is 1. The Bertz CT molecular complexity index is 203. The molecule has 0 aliphatic carbocycles. The van der Waals surface area contributed by atoms with Gasteiger partial charge in [0.1, 0.15) is 6.10 Å². The van der Waals surface area contributed by atoms with E-state index in [0.29, 0.717) is 0 Å². The van der Waals surface area contributed by atoms with E-state index in [4.69, 9.17) is 9.84 Å². The Kier molecular flexibility index (Phi) is 5.09. The maximum Gasteiger partial charge on any atom is 0.311 e. The van der Waals surface area contributed by atoms with Gasteiger partial charge >= 0.3 is 5.97 Å². The second kappa shape index (κ2) is 6.11. The van der Waals surface area contributed by atoms with E-state index in [-0.39, 0.29) is 30.5 Å². The Labute approximate surface area is 91.8 Å². The monoisotopic (exact) mass is 214 g/mol. The minimum Gasteiger partial charge on any atom is -0.462 e. The zero-order valence-corrected chi connectivity index (χ0v) is 9.74. The molecule has 1 rings (SSSR count). The summed E-state index contributed by atoms with van der Waals surface area (Å²) < 4.78 is 5.14. The lowest BCUT2D eigenvalue weighted by Gasteiger charge is -2.16. The summed E-state index contributed by atoms with van der Waals surface area (Å²) in [7, 11) is 0. The van der Waals surface area contributed by atoms with Gasteiger partial charge in [-0.1, -0.05) is 32.6 Å². The molecule has 1 aliphatic heterocycles. The fourth-order valence-electron chi connectivity index (χ4n) is 2.31. The summed E-state index contributed by atoms with van der Waals surface area (Å²) in [5, 5.41) is 9.13. The largest absolute Gasteiger partial charge is 0.462 e. The molecule has 1 fully saturated rings. The van der Waals surface area contributed by atoms with Gasteiger partial charge in [-0.25, -0.2) is 0 Å². The molecule has 0 aromatic carbocycles. The summed E-state index contributed by atoms with van der Waals surface area (Å²) >= 11 is 0. The van der Waals surface area contributed by atoms with Gasteiger partial charge in [0.25, 0.3) is 0 Å². The lowest BCUT2D eigenvalue weighted by Crippen LogP contribution is -2.22. The molecule has 1 N–H and O–H groups in total. The Morgan fingerprint density at radius 3 is 2.67 bits per heavy atom. The molecule has 1 aliphatic rings. The Balaban J connectivity index is 2.34. The molecule has 0 amide bonds. The van der Waals surface area contributed by atoms with Crippen LogP contribution in [-0.4, -0.2) is 23.8 Å². The third-order valence-corrected chi connectivity index (χ3v) is 3.31. The highest BCUT2D eigenvalue weighted by atomic mass is 16.6. The van der Waals surface area contributed by atoms with E-state index in [1.54, 1.807) is 0 Å². The quantitative estimate of drug-likeness (QED) is 0.544. The first-order valence-electron chi connectivity index (χ1n) is 6.02. The number of aliphatic hydroxyl groups excluding tert-OH is 1. The van der Waals surface area contributed by atoms with E-state index in [1.165, 1.54) is 19.3 Å². The lowest BCUT2D eigenvalue weighted by molar-refractivity contribution is -0.144. The number of unbranched alkanes of at least 4 members (excludes halogenated alkanes) is 3. The van der Waals surface area contributed by atoms with Crippen LogP contribution in [0.3, 0.4) is 0 Å². The van der Waals surface area contributed by atoms with Gasteiger partial charge in [0.15, 0.2) is 0 Å². The highest BCUT2D eigenvalue weighted by molar-refractivity contribution is 5.75. The summed E-state index contributed by atoms with van der Waals surface area (Å²) in [6.07, 6.45) is 5.80.